The lowest BCUT2D eigenvalue weighted by molar-refractivity contribution is 0.0938. The maximum atomic E-state index is 6.22. The topological polar surface area (TPSA) is 34.1 Å². The fourth-order valence-corrected chi connectivity index (χ4v) is 3.27. The van der Waals surface area contributed by atoms with Gasteiger partial charge in [0.1, 0.15) is 6.10 Å². The summed E-state index contributed by atoms with van der Waals surface area (Å²) in [6.45, 7) is 5.56. The molecule has 2 saturated carbocycles. The van der Waals surface area contributed by atoms with E-state index >= 15 is 0 Å². The van der Waals surface area contributed by atoms with Crippen LogP contribution in [-0.2, 0) is 6.54 Å². The molecule has 21 heavy (non-hydrogen) atoms. The van der Waals surface area contributed by atoms with Gasteiger partial charge in [0, 0.05) is 28.8 Å². The number of halogens is 1. The van der Waals surface area contributed by atoms with E-state index in [1.807, 2.05) is 6.20 Å². The van der Waals surface area contributed by atoms with Gasteiger partial charge in [-0.25, -0.2) is 4.98 Å². The Morgan fingerprint density at radius 3 is 2.67 bits per heavy atom. The summed E-state index contributed by atoms with van der Waals surface area (Å²) in [6.07, 6.45) is 9.52. The third kappa shape index (κ3) is 4.43. The number of hydrogen-bond donors (Lipinski definition) is 1. The summed E-state index contributed by atoms with van der Waals surface area (Å²) in [5.74, 6) is 0.816. The van der Waals surface area contributed by atoms with Crippen molar-refractivity contribution in [1.29, 1.82) is 0 Å². The maximum Gasteiger partial charge on any atom is 0.218 e. The Hall–Kier alpha value is -0.610. The Labute approximate surface area is 136 Å². The molecule has 0 bridgehead atoms. The van der Waals surface area contributed by atoms with Crippen LogP contribution < -0.4 is 10.1 Å². The van der Waals surface area contributed by atoms with Crippen LogP contribution in [0.25, 0.3) is 0 Å². The van der Waals surface area contributed by atoms with Gasteiger partial charge < -0.3 is 10.1 Å². The van der Waals surface area contributed by atoms with Crippen molar-refractivity contribution >= 4 is 15.9 Å². The van der Waals surface area contributed by atoms with Crippen molar-refractivity contribution in [2.75, 3.05) is 0 Å². The quantitative estimate of drug-likeness (QED) is 0.850. The number of pyridine rings is 1. The lowest BCUT2D eigenvalue weighted by Crippen LogP contribution is -2.29. The Bertz CT molecular complexity index is 490. The molecule has 1 aromatic heterocycles. The molecule has 116 valence electrons. The van der Waals surface area contributed by atoms with Gasteiger partial charge in [-0.3, -0.25) is 0 Å². The van der Waals surface area contributed by atoms with Gasteiger partial charge in [-0.2, -0.15) is 0 Å². The smallest absolute Gasteiger partial charge is 0.218 e. The zero-order valence-corrected chi connectivity index (χ0v) is 14.6. The van der Waals surface area contributed by atoms with Gasteiger partial charge in [-0.1, -0.05) is 13.8 Å². The van der Waals surface area contributed by atoms with E-state index in [-0.39, 0.29) is 0 Å². The zero-order chi connectivity index (χ0) is 14.9. The molecule has 0 saturated heterocycles. The van der Waals surface area contributed by atoms with E-state index in [0.717, 1.165) is 29.7 Å². The molecule has 0 aliphatic heterocycles. The minimum absolute atomic E-state index is 0.325. The summed E-state index contributed by atoms with van der Waals surface area (Å²) in [5.41, 5.74) is 1.64. The highest BCUT2D eigenvalue weighted by molar-refractivity contribution is 9.10. The molecule has 4 heteroatoms. The normalized spacial score (nSPS) is 22.2. The van der Waals surface area contributed by atoms with Gasteiger partial charge in [-0.05, 0) is 65.9 Å². The van der Waals surface area contributed by atoms with Crippen LogP contribution in [0.4, 0.5) is 0 Å². The van der Waals surface area contributed by atoms with Crippen LogP contribution in [-0.4, -0.2) is 17.1 Å². The van der Waals surface area contributed by atoms with Crippen molar-refractivity contribution < 1.29 is 4.74 Å². The van der Waals surface area contributed by atoms with E-state index in [9.17, 15) is 0 Å². The van der Waals surface area contributed by atoms with Gasteiger partial charge in [0.15, 0.2) is 0 Å². The van der Waals surface area contributed by atoms with Gasteiger partial charge >= 0.3 is 0 Å². The van der Waals surface area contributed by atoms with Crippen LogP contribution in [0, 0.1) is 5.41 Å². The third-order valence-corrected chi connectivity index (χ3v) is 5.05. The summed E-state index contributed by atoms with van der Waals surface area (Å²) in [5, 5.41) is 3.55. The minimum Gasteiger partial charge on any atom is -0.474 e. The molecule has 0 aromatic carbocycles. The number of ether oxygens (including phenoxy) is 1. The lowest BCUT2D eigenvalue weighted by Gasteiger charge is -2.34. The molecule has 3 nitrogen and oxygen atoms in total. The molecule has 2 aliphatic carbocycles. The van der Waals surface area contributed by atoms with Gasteiger partial charge in [0.25, 0.3) is 0 Å². The molecule has 2 fully saturated rings. The van der Waals surface area contributed by atoms with E-state index in [2.05, 4.69) is 46.1 Å². The summed E-state index contributed by atoms with van der Waals surface area (Å²) in [4.78, 5) is 4.50. The van der Waals surface area contributed by atoms with Crippen molar-refractivity contribution in [3.05, 3.63) is 22.3 Å². The van der Waals surface area contributed by atoms with Crippen molar-refractivity contribution in [2.45, 2.75) is 71.1 Å². The lowest BCUT2D eigenvalue weighted by atomic mass is 9.76. The van der Waals surface area contributed by atoms with E-state index in [1.165, 1.54) is 31.2 Å². The van der Waals surface area contributed by atoms with Gasteiger partial charge in [-0.15, -0.1) is 0 Å². The molecule has 1 aromatic rings. The van der Waals surface area contributed by atoms with Crippen LogP contribution in [0.5, 0.6) is 5.88 Å². The first-order valence-electron chi connectivity index (χ1n) is 8.06. The zero-order valence-electron chi connectivity index (χ0n) is 13.0. The van der Waals surface area contributed by atoms with E-state index in [1.54, 1.807) is 0 Å². The second kappa shape index (κ2) is 6.25. The van der Waals surface area contributed by atoms with E-state index in [0.29, 0.717) is 17.6 Å². The fraction of sp³-hybridized carbons (Fsp3) is 0.706. The highest BCUT2D eigenvalue weighted by Crippen LogP contribution is 2.37. The Morgan fingerprint density at radius 2 is 2.00 bits per heavy atom. The Morgan fingerprint density at radius 1 is 1.29 bits per heavy atom. The van der Waals surface area contributed by atoms with Crippen molar-refractivity contribution in [3.8, 4) is 5.88 Å². The standard InChI is InChI=1S/C17H25BrN2O/c1-17(2)7-5-15(6-8-17)21-16-12(9-13(18)11-20-16)10-19-14-3-4-14/h9,11,14-15,19H,3-8,10H2,1-2H3. The molecule has 1 N–H and O–H groups in total. The molecular formula is C17H25BrN2O. The molecule has 0 spiro atoms. The molecule has 0 radical (unpaired) electrons. The van der Waals surface area contributed by atoms with Crippen molar-refractivity contribution in [2.24, 2.45) is 5.41 Å². The summed E-state index contributed by atoms with van der Waals surface area (Å²) < 4.78 is 7.24. The highest BCUT2D eigenvalue weighted by atomic mass is 79.9. The number of nitrogens with one attached hydrogen (secondary N) is 1. The summed E-state index contributed by atoms with van der Waals surface area (Å²) in [7, 11) is 0. The minimum atomic E-state index is 0.325. The van der Waals surface area contributed by atoms with Crippen molar-refractivity contribution in [3.63, 3.8) is 0 Å². The van der Waals surface area contributed by atoms with Crippen molar-refractivity contribution in [1.82, 2.24) is 10.3 Å². The first-order valence-corrected chi connectivity index (χ1v) is 8.86. The molecular weight excluding hydrogens is 328 g/mol. The molecule has 0 atom stereocenters. The molecule has 2 aliphatic rings. The first kappa shape index (κ1) is 15.3. The average Bonchev–Trinajstić information content (AvgIpc) is 3.25. The summed E-state index contributed by atoms with van der Waals surface area (Å²) in [6, 6.07) is 2.83. The molecule has 0 unspecified atom stereocenters. The van der Waals surface area contributed by atoms with Crippen LogP contribution in [0.1, 0.15) is 57.9 Å². The monoisotopic (exact) mass is 352 g/mol. The second-order valence-corrected chi connectivity index (χ2v) is 8.17. The fourth-order valence-electron chi connectivity index (χ4n) is 2.89. The number of aromatic nitrogens is 1. The third-order valence-electron chi connectivity index (χ3n) is 4.61. The molecule has 1 heterocycles. The Balaban J connectivity index is 1.63. The number of nitrogens with zero attached hydrogens (tertiary/aromatic N) is 1. The summed E-state index contributed by atoms with van der Waals surface area (Å²) >= 11 is 3.51. The average molecular weight is 353 g/mol. The first-order chi connectivity index (χ1) is 10.0. The second-order valence-electron chi connectivity index (χ2n) is 7.25. The van der Waals surface area contributed by atoms with E-state index < -0.39 is 0 Å². The molecule has 3 rings (SSSR count). The SMILES string of the molecule is CC1(C)CCC(Oc2ncc(Br)cc2CNC2CC2)CC1. The van der Waals surface area contributed by atoms with Crippen LogP contribution >= 0.6 is 15.9 Å². The van der Waals surface area contributed by atoms with Crippen LogP contribution in [0.15, 0.2) is 16.7 Å². The maximum absolute atomic E-state index is 6.22. The van der Waals surface area contributed by atoms with Crippen LogP contribution in [0.3, 0.4) is 0 Å². The molecule has 0 amide bonds. The largest absolute Gasteiger partial charge is 0.474 e. The van der Waals surface area contributed by atoms with Gasteiger partial charge in [0.2, 0.25) is 5.88 Å². The highest BCUT2D eigenvalue weighted by Gasteiger charge is 2.28. The van der Waals surface area contributed by atoms with Gasteiger partial charge in [0.05, 0.1) is 0 Å². The Kier molecular flexibility index (Phi) is 4.55. The number of rotatable bonds is 5. The predicted octanol–water partition coefficient (Wildman–Crippen LogP) is 4.44. The van der Waals surface area contributed by atoms with Crippen LogP contribution in [0.2, 0.25) is 0 Å². The van der Waals surface area contributed by atoms with E-state index in [4.69, 9.17) is 4.74 Å². The predicted molar refractivity (Wildman–Crippen MR) is 88.5 cm³/mol. The number of hydrogen-bond acceptors (Lipinski definition) is 3.